The van der Waals surface area contributed by atoms with Crippen molar-refractivity contribution in [3.63, 3.8) is 0 Å². The van der Waals surface area contributed by atoms with E-state index in [9.17, 15) is 52.7 Å². The molecule has 0 amide bonds. The van der Waals surface area contributed by atoms with Gasteiger partial charge in [0.05, 0.1) is 22.3 Å². The molecule has 2 atom stereocenters. The van der Waals surface area contributed by atoms with Gasteiger partial charge in [0, 0.05) is 11.8 Å². The van der Waals surface area contributed by atoms with Gasteiger partial charge in [-0.1, -0.05) is 38.1 Å². The van der Waals surface area contributed by atoms with Crippen LogP contribution >= 0.6 is 0 Å². The third-order valence-corrected chi connectivity index (χ3v) is 6.16. The number of alkyl halides is 12. The average Bonchev–Trinajstić information content (AvgIpc) is 2.80. The fraction of sp³-hybridized carbons (Fsp3) is 0.308. The predicted molar refractivity (Wildman–Crippen MR) is 114 cm³/mol. The summed E-state index contributed by atoms with van der Waals surface area (Å²) in [5, 5.41) is 0. The summed E-state index contributed by atoms with van der Waals surface area (Å²) < 4.78 is 158. The predicted octanol–water partition coefficient (Wildman–Crippen LogP) is 10.1. The van der Waals surface area contributed by atoms with E-state index in [0.717, 1.165) is 0 Å². The maximum absolute atomic E-state index is 13.2. The minimum atomic E-state index is -5.03. The highest BCUT2D eigenvalue weighted by molar-refractivity contribution is 5.43. The van der Waals surface area contributed by atoms with Crippen LogP contribution in [0.2, 0.25) is 0 Å². The molecule has 12 heteroatoms. The largest absolute Gasteiger partial charge is 0.416 e. The van der Waals surface area contributed by atoms with Crippen LogP contribution in [0, 0.1) is 0 Å². The highest BCUT2D eigenvalue weighted by atomic mass is 19.4. The maximum atomic E-state index is 13.2. The second-order valence-corrected chi connectivity index (χ2v) is 8.79. The van der Waals surface area contributed by atoms with E-state index in [0.29, 0.717) is 24.3 Å². The molecule has 3 aromatic rings. The van der Waals surface area contributed by atoms with Crippen molar-refractivity contribution in [1.29, 1.82) is 0 Å². The van der Waals surface area contributed by atoms with Crippen LogP contribution in [0.4, 0.5) is 52.7 Å². The Bertz CT molecular complexity index is 1110. The van der Waals surface area contributed by atoms with Gasteiger partial charge in [-0.25, -0.2) is 0 Å². The Balaban J connectivity index is 1.98. The molecule has 0 bridgehead atoms. The zero-order valence-corrected chi connectivity index (χ0v) is 19.5. The van der Waals surface area contributed by atoms with Crippen LogP contribution in [0.25, 0.3) is 0 Å². The van der Waals surface area contributed by atoms with Crippen LogP contribution in [-0.2, 0) is 24.7 Å². The molecule has 3 rings (SSSR count). The van der Waals surface area contributed by atoms with Gasteiger partial charge >= 0.3 is 24.7 Å². The quantitative estimate of drug-likeness (QED) is 0.280. The summed E-state index contributed by atoms with van der Waals surface area (Å²) in [6.45, 7) is 2.74. The van der Waals surface area contributed by atoms with Crippen LogP contribution in [-0.4, -0.2) is 0 Å². The second kappa shape index (κ2) is 9.85. The first-order valence-electron chi connectivity index (χ1n) is 10.9. The lowest BCUT2D eigenvalue weighted by molar-refractivity contribution is -0.144. The van der Waals surface area contributed by atoms with Crippen LogP contribution in [0.15, 0.2) is 60.7 Å². The number of hydrogen-bond donors (Lipinski definition) is 0. The number of halogens is 12. The van der Waals surface area contributed by atoms with E-state index >= 15 is 0 Å². The highest BCUT2D eigenvalue weighted by Crippen LogP contribution is 2.41. The first-order valence-corrected chi connectivity index (χ1v) is 10.9. The van der Waals surface area contributed by atoms with Gasteiger partial charge in [0.25, 0.3) is 0 Å². The molecular weight excluding hydrogens is 540 g/mol. The van der Waals surface area contributed by atoms with Gasteiger partial charge in [0.15, 0.2) is 0 Å². The Hall–Kier alpha value is -3.18. The summed E-state index contributed by atoms with van der Waals surface area (Å²) in [4.78, 5) is 0. The van der Waals surface area contributed by atoms with Crippen LogP contribution in [0.3, 0.4) is 0 Å². The van der Waals surface area contributed by atoms with Crippen molar-refractivity contribution in [2.75, 3.05) is 0 Å². The van der Waals surface area contributed by atoms with Crippen LogP contribution in [0.5, 0.6) is 0 Å². The smallest absolute Gasteiger partial charge is 0.166 e. The molecule has 0 aromatic heterocycles. The molecule has 0 saturated heterocycles. The molecule has 0 N–H and O–H groups in total. The molecule has 0 radical (unpaired) electrons. The zero-order chi connectivity index (χ0) is 28.8. The van der Waals surface area contributed by atoms with Gasteiger partial charge in [0.2, 0.25) is 0 Å². The van der Waals surface area contributed by atoms with E-state index in [-0.39, 0.29) is 34.4 Å². The molecule has 0 aliphatic carbocycles. The van der Waals surface area contributed by atoms with Crippen LogP contribution in [0.1, 0.15) is 70.2 Å². The van der Waals surface area contributed by atoms with E-state index in [4.69, 9.17) is 0 Å². The monoisotopic (exact) mass is 558 g/mol. The Morgan fingerprint density at radius 1 is 0.368 bits per heavy atom. The lowest BCUT2D eigenvalue weighted by Gasteiger charge is -2.20. The summed E-state index contributed by atoms with van der Waals surface area (Å²) >= 11 is 0. The fourth-order valence-electron chi connectivity index (χ4n) is 3.92. The lowest BCUT2D eigenvalue weighted by atomic mass is 9.87. The highest BCUT2D eigenvalue weighted by Gasteiger charge is 2.38. The second-order valence-electron chi connectivity index (χ2n) is 8.79. The molecule has 206 valence electrons. The first-order chi connectivity index (χ1) is 17.2. The average molecular weight is 558 g/mol. The Morgan fingerprint density at radius 2 is 0.579 bits per heavy atom. The van der Waals surface area contributed by atoms with Gasteiger partial charge in [-0.2, -0.15) is 52.7 Å². The Labute approximate surface area is 208 Å². The fourth-order valence-corrected chi connectivity index (χ4v) is 3.92. The molecule has 0 aliphatic rings. The first kappa shape index (κ1) is 29.4. The molecular formula is C26H18F12. The van der Waals surface area contributed by atoms with Crippen molar-refractivity contribution in [1.82, 2.24) is 0 Å². The summed E-state index contributed by atoms with van der Waals surface area (Å²) in [6.07, 6.45) is -20.1. The van der Waals surface area contributed by atoms with Gasteiger partial charge in [-0.3, -0.25) is 0 Å². The van der Waals surface area contributed by atoms with E-state index in [2.05, 4.69) is 0 Å². The van der Waals surface area contributed by atoms with Crippen molar-refractivity contribution >= 4 is 0 Å². The number of hydrogen-bond acceptors (Lipinski definition) is 0. The van der Waals surface area contributed by atoms with E-state index in [1.807, 2.05) is 0 Å². The molecule has 0 spiro atoms. The van der Waals surface area contributed by atoms with Crippen molar-refractivity contribution < 1.29 is 52.7 Å². The van der Waals surface area contributed by atoms with Crippen molar-refractivity contribution in [3.05, 3.63) is 105 Å². The minimum absolute atomic E-state index is 0.00523. The van der Waals surface area contributed by atoms with Crippen LogP contribution < -0.4 is 0 Å². The van der Waals surface area contributed by atoms with Crippen molar-refractivity contribution in [2.45, 2.75) is 50.4 Å². The van der Waals surface area contributed by atoms with Crippen molar-refractivity contribution in [3.8, 4) is 0 Å². The van der Waals surface area contributed by atoms with Gasteiger partial charge in [-0.05, 0) is 58.7 Å². The third-order valence-electron chi connectivity index (χ3n) is 6.16. The normalized spacial score (nSPS) is 14.9. The standard InChI is InChI=1S/C26H18F12/c1-13(17-7-19(23(27,28)29)11-20(8-17)24(30,31)32)15-3-5-16(6-4-15)14(2)18-9-21(25(33,34)35)12-22(10-18)26(36,37)38/h3-14H,1-2H3/t13-,14-/m0/s1. The SMILES string of the molecule is C[C@@H](c1ccc([C@H](C)c2cc(C(F)(F)F)cc(C(F)(F)F)c2)cc1)c1cc(C(F)(F)F)cc(C(F)(F)F)c1. The summed E-state index contributed by atoms with van der Waals surface area (Å²) in [5.41, 5.74) is -5.91. The van der Waals surface area contributed by atoms with Crippen molar-refractivity contribution in [2.24, 2.45) is 0 Å². The molecule has 0 saturated carbocycles. The minimum Gasteiger partial charge on any atom is -0.166 e. The Morgan fingerprint density at radius 3 is 0.763 bits per heavy atom. The maximum Gasteiger partial charge on any atom is 0.416 e. The lowest BCUT2D eigenvalue weighted by Crippen LogP contribution is -2.13. The van der Waals surface area contributed by atoms with Gasteiger partial charge in [0.1, 0.15) is 0 Å². The number of benzene rings is 3. The molecule has 0 fully saturated rings. The Kier molecular flexibility index (Phi) is 7.61. The molecule has 0 aliphatic heterocycles. The molecule has 0 heterocycles. The summed E-state index contributed by atoms with van der Waals surface area (Å²) in [5.74, 6) is -1.90. The summed E-state index contributed by atoms with van der Waals surface area (Å²) in [6, 6.07) is 7.79. The van der Waals surface area contributed by atoms with Gasteiger partial charge < -0.3 is 0 Å². The topological polar surface area (TPSA) is 0 Å². The molecule has 0 nitrogen and oxygen atoms in total. The zero-order valence-electron chi connectivity index (χ0n) is 19.5. The molecule has 0 unspecified atom stereocenters. The van der Waals surface area contributed by atoms with E-state index < -0.39 is 58.8 Å². The molecule has 3 aromatic carbocycles. The third kappa shape index (κ3) is 6.63. The molecule has 38 heavy (non-hydrogen) atoms. The number of rotatable bonds is 4. The van der Waals surface area contributed by atoms with E-state index in [1.165, 1.54) is 38.1 Å². The summed E-state index contributed by atoms with van der Waals surface area (Å²) in [7, 11) is 0. The van der Waals surface area contributed by atoms with E-state index in [1.54, 1.807) is 0 Å². The van der Waals surface area contributed by atoms with Gasteiger partial charge in [-0.15, -0.1) is 0 Å².